The SMILES string of the molecule is Cc1ccc(=O)n(CC(=O)N2CCC(O)(CN3CCOCC3)C2)n1. The highest BCUT2D eigenvalue weighted by atomic mass is 16.5. The normalized spacial score (nSPS) is 25.2. The second-order valence-electron chi connectivity index (χ2n) is 6.65. The average molecular weight is 336 g/mol. The maximum absolute atomic E-state index is 12.4. The van der Waals surface area contributed by atoms with Crippen molar-refractivity contribution < 1.29 is 14.6 Å². The van der Waals surface area contributed by atoms with Crippen LogP contribution in [0.4, 0.5) is 0 Å². The number of amides is 1. The van der Waals surface area contributed by atoms with Gasteiger partial charge in [0.05, 0.1) is 31.1 Å². The van der Waals surface area contributed by atoms with Crippen molar-refractivity contribution in [1.29, 1.82) is 0 Å². The molecule has 3 rings (SSSR count). The third-order valence-corrected chi connectivity index (χ3v) is 4.59. The molecule has 0 saturated carbocycles. The first kappa shape index (κ1) is 17.1. The summed E-state index contributed by atoms with van der Waals surface area (Å²) in [7, 11) is 0. The van der Waals surface area contributed by atoms with Crippen molar-refractivity contribution in [3.63, 3.8) is 0 Å². The minimum atomic E-state index is -0.891. The molecule has 132 valence electrons. The molecule has 2 aliphatic heterocycles. The lowest BCUT2D eigenvalue weighted by molar-refractivity contribution is -0.132. The largest absolute Gasteiger partial charge is 0.387 e. The highest BCUT2D eigenvalue weighted by molar-refractivity contribution is 5.76. The van der Waals surface area contributed by atoms with Crippen LogP contribution in [0.2, 0.25) is 0 Å². The Morgan fingerprint density at radius 1 is 1.33 bits per heavy atom. The fourth-order valence-corrected chi connectivity index (χ4v) is 3.27. The van der Waals surface area contributed by atoms with Gasteiger partial charge in [0.2, 0.25) is 5.91 Å². The zero-order valence-electron chi connectivity index (χ0n) is 14.0. The van der Waals surface area contributed by atoms with Gasteiger partial charge in [-0.05, 0) is 19.4 Å². The third-order valence-electron chi connectivity index (χ3n) is 4.59. The lowest BCUT2D eigenvalue weighted by Gasteiger charge is -2.33. The Balaban J connectivity index is 1.59. The molecule has 2 saturated heterocycles. The molecule has 0 aromatic carbocycles. The molecule has 0 spiro atoms. The number of nitrogens with zero attached hydrogens (tertiary/aromatic N) is 4. The molecule has 2 aliphatic rings. The molecular weight excluding hydrogens is 312 g/mol. The molecule has 1 unspecified atom stereocenters. The van der Waals surface area contributed by atoms with Gasteiger partial charge in [0.1, 0.15) is 6.54 Å². The first-order chi connectivity index (χ1) is 11.5. The third kappa shape index (κ3) is 4.00. The van der Waals surface area contributed by atoms with Crippen LogP contribution in [0.1, 0.15) is 12.1 Å². The fraction of sp³-hybridized carbons (Fsp3) is 0.688. The van der Waals surface area contributed by atoms with Crippen LogP contribution in [0.25, 0.3) is 0 Å². The van der Waals surface area contributed by atoms with E-state index in [4.69, 9.17) is 4.74 Å². The van der Waals surface area contributed by atoms with Gasteiger partial charge in [0.15, 0.2) is 0 Å². The van der Waals surface area contributed by atoms with Crippen LogP contribution in [0, 0.1) is 6.92 Å². The van der Waals surface area contributed by atoms with Crippen LogP contribution >= 0.6 is 0 Å². The Kier molecular flexibility index (Phi) is 4.98. The van der Waals surface area contributed by atoms with Crippen LogP contribution in [-0.4, -0.2) is 82.1 Å². The van der Waals surface area contributed by atoms with Crippen LogP contribution in [0.15, 0.2) is 16.9 Å². The molecule has 1 aromatic heterocycles. The number of aliphatic hydroxyl groups is 1. The Morgan fingerprint density at radius 2 is 2.08 bits per heavy atom. The number of hydrogen-bond acceptors (Lipinski definition) is 6. The van der Waals surface area contributed by atoms with E-state index in [1.165, 1.54) is 10.7 Å². The fourth-order valence-electron chi connectivity index (χ4n) is 3.27. The maximum atomic E-state index is 12.4. The van der Waals surface area contributed by atoms with Crippen LogP contribution < -0.4 is 5.56 Å². The lowest BCUT2D eigenvalue weighted by atomic mass is 10.0. The number of rotatable bonds is 4. The van der Waals surface area contributed by atoms with Gasteiger partial charge >= 0.3 is 0 Å². The van der Waals surface area contributed by atoms with Gasteiger partial charge in [-0.2, -0.15) is 5.10 Å². The number of carbonyl (C=O) groups excluding carboxylic acids is 1. The molecule has 1 aromatic rings. The number of hydrogen-bond donors (Lipinski definition) is 1. The molecule has 0 radical (unpaired) electrons. The molecule has 1 atom stereocenters. The van der Waals surface area contributed by atoms with Gasteiger partial charge in [-0.3, -0.25) is 14.5 Å². The smallest absolute Gasteiger partial charge is 0.267 e. The zero-order valence-corrected chi connectivity index (χ0v) is 14.0. The maximum Gasteiger partial charge on any atom is 0.267 e. The summed E-state index contributed by atoms with van der Waals surface area (Å²) < 4.78 is 6.49. The van der Waals surface area contributed by atoms with Crippen LogP contribution in [0.3, 0.4) is 0 Å². The van der Waals surface area contributed by atoms with Crippen molar-refractivity contribution in [3.05, 3.63) is 28.2 Å². The molecule has 0 aliphatic carbocycles. The molecule has 3 heterocycles. The summed E-state index contributed by atoms with van der Waals surface area (Å²) in [4.78, 5) is 28.0. The Hall–Kier alpha value is -1.77. The number of likely N-dealkylation sites (tertiary alicyclic amines) is 1. The molecule has 2 fully saturated rings. The minimum Gasteiger partial charge on any atom is -0.387 e. The van der Waals surface area contributed by atoms with Gasteiger partial charge < -0.3 is 14.7 Å². The number of ether oxygens (including phenoxy) is 1. The summed E-state index contributed by atoms with van der Waals surface area (Å²) in [6.07, 6.45) is 0.548. The number of morpholine rings is 1. The predicted octanol–water partition coefficient (Wildman–Crippen LogP) is -1.15. The molecule has 1 amide bonds. The van der Waals surface area contributed by atoms with E-state index in [0.29, 0.717) is 45.0 Å². The molecule has 8 nitrogen and oxygen atoms in total. The van der Waals surface area contributed by atoms with Crippen molar-refractivity contribution in [1.82, 2.24) is 19.6 Å². The summed E-state index contributed by atoms with van der Waals surface area (Å²) in [6, 6.07) is 3.04. The van der Waals surface area contributed by atoms with Crippen molar-refractivity contribution >= 4 is 5.91 Å². The van der Waals surface area contributed by atoms with Crippen molar-refractivity contribution in [3.8, 4) is 0 Å². The van der Waals surface area contributed by atoms with E-state index in [9.17, 15) is 14.7 Å². The van der Waals surface area contributed by atoms with Crippen molar-refractivity contribution in [2.75, 3.05) is 45.9 Å². The predicted molar refractivity (Wildman–Crippen MR) is 86.6 cm³/mol. The summed E-state index contributed by atoms with van der Waals surface area (Å²) in [5.74, 6) is -0.187. The summed E-state index contributed by atoms with van der Waals surface area (Å²) in [5, 5.41) is 14.9. The number of aryl methyl sites for hydroxylation is 1. The molecule has 1 N–H and O–H groups in total. The van der Waals surface area contributed by atoms with E-state index >= 15 is 0 Å². The second-order valence-corrected chi connectivity index (χ2v) is 6.65. The van der Waals surface area contributed by atoms with Gasteiger partial charge in [0, 0.05) is 32.2 Å². The Labute approximate surface area is 140 Å². The number of aromatic nitrogens is 2. The van der Waals surface area contributed by atoms with Crippen LogP contribution in [-0.2, 0) is 16.1 Å². The summed E-state index contributed by atoms with van der Waals surface area (Å²) >= 11 is 0. The number of carbonyl (C=O) groups is 1. The molecule has 8 heteroatoms. The van der Waals surface area contributed by atoms with E-state index < -0.39 is 5.60 Å². The van der Waals surface area contributed by atoms with E-state index in [0.717, 1.165) is 13.1 Å². The number of β-amino-alcohol motifs (C(OH)–C–C–N with tert-alkyl or cyclic N) is 1. The van der Waals surface area contributed by atoms with E-state index in [2.05, 4.69) is 10.00 Å². The minimum absolute atomic E-state index is 0.0891. The molecular formula is C16H24N4O4. The highest BCUT2D eigenvalue weighted by Gasteiger charge is 2.39. The zero-order chi connectivity index (χ0) is 17.2. The summed E-state index contributed by atoms with van der Waals surface area (Å²) in [5.41, 5.74) is -0.498. The van der Waals surface area contributed by atoms with Crippen molar-refractivity contribution in [2.24, 2.45) is 0 Å². The standard InChI is InChI=1S/C16H24N4O4/c1-13-2-3-14(21)20(17-13)10-15(22)19-5-4-16(23,12-19)11-18-6-8-24-9-7-18/h2-3,23H,4-12H2,1H3. The summed E-state index contributed by atoms with van der Waals surface area (Å²) in [6.45, 7) is 6.00. The van der Waals surface area contributed by atoms with E-state index in [-0.39, 0.29) is 18.0 Å². The first-order valence-corrected chi connectivity index (χ1v) is 8.30. The topological polar surface area (TPSA) is 87.9 Å². The first-order valence-electron chi connectivity index (χ1n) is 8.30. The van der Waals surface area contributed by atoms with Crippen molar-refractivity contribution in [2.45, 2.75) is 25.5 Å². The Morgan fingerprint density at radius 3 is 2.83 bits per heavy atom. The van der Waals surface area contributed by atoms with E-state index in [1.807, 2.05) is 0 Å². The quantitative estimate of drug-likeness (QED) is 0.747. The molecule has 24 heavy (non-hydrogen) atoms. The van der Waals surface area contributed by atoms with Gasteiger partial charge in [0.25, 0.3) is 5.56 Å². The van der Waals surface area contributed by atoms with Crippen LogP contribution in [0.5, 0.6) is 0 Å². The monoisotopic (exact) mass is 336 g/mol. The lowest BCUT2D eigenvalue weighted by Crippen LogP contribution is -2.49. The van der Waals surface area contributed by atoms with E-state index in [1.54, 1.807) is 17.9 Å². The second kappa shape index (κ2) is 7.00. The van der Waals surface area contributed by atoms with Gasteiger partial charge in [-0.1, -0.05) is 0 Å². The molecule has 0 bridgehead atoms. The van der Waals surface area contributed by atoms with Gasteiger partial charge in [-0.15, -0.1) is 0 Å². The highest BCUT2D eigenvalue weighted by Crippen LogP contribution is 2.23. The van der Waals surface area contributed by atoms with Gasteiger partial charge in [-0.25, -0.2) is 4.68 Å². The Bertz CT molecular complexity index is 656. The average Bonchev–Trinajstić information content (AvgIpc) is 2.94.